The minimum atomic E-state index is -0.137. The molecule has 0 aliphatic heterocycles. The molecule has 0 heterocycles. The number of rotatable bonds is 2. The van der Waals surface area contributed by atoms with Gasteiger partial charge in [0, 0.05) is 0 Å². The van der Waals surface area contributed by atoms with Crippen molar-refractivity contribution in [2.45, 2.75) is 32.3 Å². The second kappa shape index (κ2) is 2.01. The minimum Gasteiger partial charge on any atom is -0.461 e. The van der Waals surface area contributed by atoms with E-state index < -0.39 is 0 Å². The van der Waals surface area contributed by atoms with Gasteiger partial charge in [-0.1, -0.05) is 6.92 Å². The molecule has 9 heavy (non-hydrogen) atoms. The number of carbonyl (C=O) groups excluding carboxylic acids is 1. The lowest BCUT2D eigenvalue weighted by Crippen LogP contribution is -2.44. The van der Waals surface area contributed by atoms with E-state index in [1.807, 2.05) is 6.92 Å². The third-order valence-corrected chi connectivity index (χ3v) is 2.43. The number of hydrogen-bond donors (Lipinski definition) is 0. The fraction of sp³-hybridized carbons (Fsp3) is 0.857. The first-order chi connectivity index (χ1) is 4.19. The largest absolute Gasteiger partial charge is 0.461 e. The smallest absolute Gasteiger partial charge is 0.293 e. The van der Waals surface area contributed by atoms with E-state index in [0.29, 0.717) is 12.4 Å². The molecule has 1 saturated carbocycles. The Morgan fingerprint density at radius 1 is 1.78 bits per heavy atom. The Morgan fingerprint density at radius 2 is 2.44 bits per heavy atom. The molecule has 2 heteroatoms. The van der Waals surface area contributed by atoms with Crippen molar-refractivity contribution in [1.29, 1.82) is 0 Å². The van der Waals surface area contributed by atoms with E-state index in [0.717, 1.165) is 6.42 Å². The third kappa shape index (κ3) is 0.934. The molecule has 1 aliphatic carbocycles. The zero-order valence-corrected chi connectivity index (χ0v) is 5.89. The molecule has 1 fully saturated rings. The summed E-state index contributed by atoms with van der Waals surface area (Å²) in [7, 11) is 0. The van der Waals surface area contributed by atoms with Crippen molar-refractivity contribution >= 4 is 6.47 Å². The van der Waals surface area contributed by atoms with Crippen molar-refractivity contribution in [3.8, 4) is 0 Å². The van der Waals surface area contributed by atoms with Gasteiger partial charge < -0.3 is 4.74 Å². The molecule has 2 unspecified atom stereocenters. The number of hydrogen-bond acceptors (Lipinski definition) is 2. The molecule has 0 N–H and O–H groups in total. The Hall–Kier alpha value is -0.530. The first kappa shape index (κ1) is 6.59. The summed E-state index contributed by atoms with van der Waals surface area (Å²) in [6.45, 7) is 4.64. The van der Waals surface area contributed by atoms with Crippen molar-refractivity contribution in [3.05, 3.63) is 0 Å². The van der Waals surface area contributed by atoms with Gasteiger partial charge in [0.15, 0.2) is 0 Å². The highest BCUT2D eigenvalue weighted by molar-refractivity contribution is 5.38. The molecule has 2 atom stereocenters. The topological polar surface area (TPSA) is 26.3 Å². The molecular weight excluding hydrogens is 116 g/mol. The average molecular weight is 128 g/mol. The maximum atomic E-state index is 9.94. The maximum Gasteiger partial charge on any atom is 0.293 e. The van der Waals surface area contributed by atoms with Crippen LogP contribution in [-0.2, 0) is 9.53 Å². The van der Waals surface area contributed by atoms with E-state index in [9.17, 15) is 4.79 Å². The predicted octanol–water partition coefficient (Wildman–Crippen LogP) is 1.35. The first-order valence-electron chi connectivity index (χ1n) is 3.30. The molecule has 52 valence electrons. The van der Waals surface area contributed by atoms with Gasteiger partial charge in [0.1, 0.15) is 5.60 Å². The Balaban J connectivity index is 2.43. The van der Waals surface area contributed by atoms with Crippen LogP contribution in [0.5, 0.6) is 0 Å². The Morgan fingerprint density at radius 3 is 2.56 bits per heavy atom. The second-order valence-electron chi connectivity index (χ2n) is 2.97. The normalized spacial score (nSPS) is 41.3. The van der Waals surface area contributed by atoms with Crippen molar-refractivity contribution < 1.29 is 9.53 Å². The summed E-state index contributed by atoms with van der Waals surface area (Å²) in [5.74, 6) is 0.544. The Kier molecular flexibility index (Phi) is 1.47. The molecule has 0 spiro atoms. The minimum absolute atomic E-state index is 0.137. The molecule has 0 aromatic carbocycles. The molecule has 0 bridgehead atoms. The monoisotopic (exact) mass is 128 g/mol. The third-order valence-electron chi connectivity index (χ3n) is 2.43. The lowest BCUT2D eigenvalue weighted by atomic mass is 9.72. The van der Waals surface area contributed by atoms with Crippen LogP contribution in [-0.4, -0.2) is 12.1 Å². The van der Waals surface area contributed by atoms with Gasteiger partial charge in [-0.2, -0.15) is 0 Å². The lowest BCUT2D eigenvalue weighted by Gasteiger charge is -2.43. The van der Waals surface area contributed by atoms with Gasteiger partial charge in [-0.3, -0.25) is 4.79 Å². The molecule has 0 aromatic heterocycles. The van der Waals surface area contributed by atoms with Crippen LogP contribution in [0.3, 0.4) is 0 Å². The van der Waals surface area contributed by atoms with Crippen LogP contribution in [0.4, 0.5) is 0 Å². The van der Waals surface area contributed by atoms with E-state index >= 15 is 0 Å². The zero-order valence-electron chi connectivity index (χ0n) is 5.89. The predicted molar refractivity (Wildman–Crippen MR) is 34.0 cm³/mol. The van der Waals surface area contributed by atoms with E-state index in [1.165, 1.54) is 6.42 Å². The van der Waals surface area contributed by atoms with Crippen LogP contribution < -0.4 is 0 Å². The molecule has 0 saturated heterocycles. The van der Waals surface area contributed by atoms with Crippen LogP contribution >= 0.6 is 0 Å². The maximum absolute atomic E-state index is 9.94. The van der Waals surface area contributed by atoms with Gasteiger partial charge in [0.2, 0.25) is 0 Å². The van der Waals surface area contributed by atoms with Crippen molar-refractivity contribution in [2.24, 2.45) is 5.92 Å². The highest BCUT2D eigenvalue weighted by atomic mass is 16.5. The molecule has 0 aromatic rings. The van der Waals surface area contributed by atoms with Gasteiger partial charge in [0.05, 0.1) is 0 Å². The highest BCUT2D eigenvalue weighted by Gasteiger charge is 2.41. The summed E-state index contributed by atoms with van der Waals surface area (Å²) in [4.78, 5) is 9.94. The van der Waals surface area contributed by atoms with Crippen molar-refractivity contribution in [3.63, 3.8) is 0 Å². The van der Waals surface area contributed by atoms with E-state index in [1.54, 1.807) is 0 Å². The van der Waals surface area contributed by atoms with Gasteiger partial charge in [-0.25, -0.2) is 0 Å². The highest BCUT2D eigenvalue weighted by Crippen LogP contribution is 2.40. The molecule has 2 nitrogen and oxygen atoms in total. The first-order valence-corrected chi connectivity index (χ1v) is 3.30. The summed E-state index contributed by atoms with van der Waals surface area (Å²) in [5.41, 5.74) is -0.137. The van der Waals surface area contributed by atoms with Crippen LogP contribution in [0.2, 0.25) is 0 Å². The van der Waals surface area contributed by atoms with Gasteiger partial charge in [-0.05, 0) is 25.7 Å². The van der Waals surface area contributed by atoms with Crippen molar-refractivity contribution in [1.82, 2.24) is 0 Å². The van der Waals surface area contributed by atoms with Gasteiger partial charge in [0.25, 0.3) is 6.47 Å². The molecule has 1 rings (SSSR count). The van der Waals surface area contributed by atoms with Crippen LogP contribution in [0, 0.1) is 5.92 Å². The summed E-state index contributed by atoms with van der Waals surface area (Å²) in [6, 6.07) is 0. The van der Waals surface area contributed by atoms with Gasteiger partial charge in [-0.15, -0.1) is 0 Å². The summed E-state index contributed by atoms with van der Waals surface area (Å²) in [5, 5.41) is 0. The summed E-state index contributed by atoms with van der Waals surface area (Å²) < 4.78 is 4.90. The summed E-state index contributed by atoms with van der Waals surface area (Å²) in [6.07, 6.45) is 2.21. The fourth-order valence-corrected chi connectivity index (χ4v) is 1.12. The fourth-order valence-electron chi connectivity index (χ4n) is 1.12. The lowest BCUT2D eigenvalue weighted by molar-refractivity contribution is -0.160. The summed E-state index contributed by atoms with van der Waals surface area (Å²) >= 11 is 0. The Bertz CT molecular complexity index is 122. The van der Waals surface area contributed by atoms with Crippen LogP contribution in [0.1, 0.15) is 26.7 Å². The average Bonchev–Trinajstić information content (AvgIpc) is 1.86. The molecule has 1 aliphatic rings. The molecule has 0 amide bonds. The Labute approximate surface area is 55.2 Å². The molecule has 0 radical (unpaired) electrons. The van der Waals surface area contributed by atoms with E-state index in [2.05, 4.69) is 6.92 Å². The SMILES string of the molecule is CC1CCC1(C)OC=O. The van der Waals surface area contributed by atoms with E-state index in [4.69, 9.17) is 4.74 Å². The van der Waals surface area contributed by atoms with Gasteiger partial charge >= 0.3 is 0 Å². The zero-order chi connectivity index (χ0) is 6.91. The van der Waals surface area contributed by atoms with Crippen LogP contribution in [0.15, 0.2) is 0 Å². The second-order valence-corrected chi connectivity index (χ2v) is 2.97. The standard InChI is InChI=1S/C7H12O2/c1-6-3-4-7(6,2)9-5-8/h5-6H,3-4H2,1-2H3. The number of carbonyl (C=O) groups is 1. The van der Waals surface area contributed by atoms with E-state index in [-0.39, 0.29) is 5.60 Å². The molecular formula is C7H12O2. The quantitative estimate of drug-likeness (QED) is 0.525. The number of ether oxygens (including phenoxy) is 1. The van der Waals surface area contributed by atoms with Crippen molar-refractivity contribution in [2.75, 3.05) is 0 Å². The van der Waals surface area contributed by atoms with Crippen LogP contribution in [0.25, 0.3) is 0 Å².